The molecule has 1 aliphatic rings. The first-order valence-electron chi connectivity index (χ1n) is 11.1. The standard InChI is InChI=1S/C25H32FN3O3/c1-16-14-21(27-15-17(16)2)23-24(28-23)25(31)32-13-12-29(4)22(30)11-6-5-8-19-9-7-10-20(26)18(19)3/h7,9-10,14-15,23-24,28H,5-6,8,11-13H2,1-4H3. The number of nitrogens with zero attached hydrogens (tertiary/aromatic N) is 2. The summed E-state index contributed by atoms with van der Waals surface area (Å²) in [4.78, 5) is 30.5. The molecule has 1 fully saturated rings. The molecule has 0 aliphatic carbocycles. The number of unbranched alkanes of at least 4 members (excludes halogenated alkanes) is 1. The fourth-order valence-electron chi connectivity index (χ4n) is 3.62. The molecule has 0 spiro atoms. The molecule has 172 valence electrons. The number of halogens is 1. The second-order valence-corrected chi connectivity index (χ2v) is 8.53. The van der Waals surface area contributed by atoms with Gasteiger partial charge in [0.1, 0.15) is 18.5 Å². The Morgan fingerprint density at radius 2 is 1.97 bits per heavy atom. The highest BCUT2D eigenvalue weighted by Gasteiger charge is 2.45. The first-order chi connectivity index (χ1) is 15.3. The zero-order chi connectivity index (χ0) is 23.3. The molecule has 0 saturated carbocycles. The third-order valence-corrected chi connectivity index (χ3v) is 6.11. The van der Waals surface area contributed by atoms with Crippen LogP contribution in [0.25, 0.3) is 0 Å². The summed E-state index contributed by atoms with van der Waals surface area (Å²) >= 11 is 0. The molecule has 2 aromatic rings. The fraction of sp³-hybridized carbons (Fsp3) is 0.480. The van der Waals surface area contributed by atoms with E-state index in [0.29, 0.717) is 18.5 Å². The largest absolute Gasteiger partial charge is 0.463 e. The summed E-state index contributed by atoms with van der Waals surface area (Å²) in [7, 11) is 1.71. The smallest absolute Gasteiger partial charge is 0.325 e. The molecular formula is C25H32FN3O3. The number of rotatable bonds is 10. The minimum Gasteiger partial charge on any atom is -0.463 e. The van der Waals surface area contributed by atoms with Gasteiger partial charge in [0.25, 0.3) is 0 Å². The van der Waals surface area contributed by atoms with E-state index in [1.165, 1.54) is 6.07 Å². The van der Waals surface area contributed by atoms with Crippen LogP contribution in [0.1, 0.15) is 53.3 Å². The molecule has 2 heterocycles. The van der Waals surface area contributed by atoms with E-state index in [9.17, 15) is 14.0 Å². The number of amides is 1. The number of pyridine rings is 1. The van der Waals surface area contributed by atoms with Crippen LogP contribution in [0.3, 0.4) is 0 Å². The lowest BCUT2D eigenvalue weighted by atomic mass is 10.0. The van der Waals surface area contributed by atoms with Crippen molar-refractivity contribution in [1.82, 2.24) is 15.2 Å². The quantitative estimate of drug-likeness (QED) is 0.346. The monoisotopic (exact) mass is 441 g/mol. The number of aromatic nitrogens is 1. The number of hydrogen-bond donors (Lipinski definition) is 1. The maximum atomic E-state index is 13.6. The lowest BCUT2D eigenvalue weighted by Gasteiger charge is -2.17. The molecule has 3 rings (SSSR count). The normalized spacial score (nSPS) is 17.2. The van der Waals surface area contributed by atoms with E-state index in [1.807, 2.05) is 32.2 Å². The number of aryl methyl sites for hydroxylation is 3. The van der Waals surface area contributed by atoms with E-state index in [0.717, 1.165) is 41.6 Å². The Balaban J connectivity index is 1.31. The van der Waals surface area contributed by atoms with Crippen LogP contribution >= 0.6 is 0 Å². The SMILES string of the molecule is Cc1cnc(C2NC2C(=O)OCCN(C)C(=O)CCCCc2cccc(F)c2C)cc1C. The van der Waals surface area contributed by atoms with Crippen LogP contribution < -0.4 is 5.32 Å². The first-order valence-corrected chi connectivity index (χ1v) is 11.1. The molecule has 6 nitrogen and oxygen atoms in total. The third-order valence-electron chi connectivity index (χ3n) is 6.11. The van der Waals surface area contributed by atoms with Crippen molar-refractivity contribution in [3.8, 4) is 0 Å². The highest BCUT2D eigenvalue weighted by Crippen LogP contribution is 2.30. The summed E-state index contributed by atoms with van der Waals surface area (Å²) in [5.41, 5.74) is 4.77. The van der Waals surface area contributed by atoms with Gasteiger partial charge in [-0.3, -0.25) is 19.9 Å². The zero-order valence-electron chi connectivity index (χ0n) is 19.3. The summed E-state index contributed by atoms with van der Waals surface area (Å²) in [6.45, 7) is 6.32. The molecule has 2 unspecified atom stereocenters. The van der Waals surface area contributed by atoms with Gasteiger partial charge in [-0.05, 0) is 74.4 Å². The van der Waals surface area contributed by atoms with Crippen LogP contribution in [0.5, 0.6) is 0 Å². The highest BCUT2D eigenvalue weighted by molar-refractivity contribution is 5.80. The van der Waals surface area contributed by atoms with Gasteiger partial charge in [-0.15, -0.1) is 0 Å². The van der Waals surface area contributed by atoms with E-state index in [-0.39, 0.29) is 36.4 Å². The van der Waals surface area contributed by atoms with Crippen molar-refractivity contribution in [1.29, 1.82) is 0 Å². The summed E-state index contributed by atoms with van der Waals surface area (Å²) in [6, 6.07) is 6.61. The Hall–Kier alpha value is -2.80. The molecular weight excluding hydrogens is 409 g/mol. The molecule has 0 bridgehead atoms. The molecule has 1 aromatic carbocycles. The van der Waals surface area contributed by atoms with E-state index in [4.69, 9.17) is 4.74 Å². The predicted molar refractivity (Wildman–Crippen MR) is 121 cm³/mol. The molecule has 32 heavy (non-hydrogen) atoms. The number of nitrogens with one attached hydrogen (secondary N) is 1. The van der Waals surface area contributed by atoms with E-state index < -0.39 is 0 Å². The summed E-state index contributed by atoms with van der Waals surface area (Å²) in [6.07, 6.45) is 4.54. The number of ether oxygens (including phenoxy) is 1. The predicted octanol–water partition coefficient (Wildman–Crippen LogP) is 3.57. The van der Waals surface area contributed by atoms with Crippen molar-refractivity contribution < 1.29 is 18.7 Å². The molecule has 1 N–H and O–H groups in total. The van der Waals surface area contributed by atoms with Gasteiger partial charge in [0, 0.05) is 19.7 Å². The van der Waals surface area contributed by atoms with E-state index in [1.54, 1.807) is 24.9 Å². The third kappa shape index (κ3) is 6.13. The number of carbonyl (C=O) groups excluding carboxylic acids is 2. The van der Waals surface area contributed by atoms with Gasteiger partial charge in [0.2, 0.25) is 5.91 Å². The second kappa shape index (κ2) is 10.7. The average molecular weight is 442 g/mol. The van der Waals surface area contributed by atoms with Crippen LogP contribution in [0.2, 0.25) is 0 Å². The number of esters is 1. The molecule has 0 radical (unpaired) electrons. The summed E-state index contributed by atoms with van der Waals surface area (Å²) in [5.74, 6) is -0.495. The Bertz CT molecular complexity index is 979. The summed E-state index contributed by atoms with van der Waals surface area (Å²) < 4.78 is 18.9. The number of carbonyl (C=O) groups is 2. The van der Waals surface area contributed by atoms with Gasteiger partial charge in [-0.25, -0.2) is 4.39 Å². The fourth-order valence-corrected chi connectivity index (χ4v) is 3.62. The number of benzene rings is 1. The van der Waals surface area contributed by atoms with Gasteiger partial charge in [0.05, 0.1) is 18.3 Å². The average Bonchev–Trinajstić information content (AvgIpc) is 3.56. The topological polar surface area (TPSA) is 81.4 Å². The van der Waals surface area contributed by atoms with Crippen molar-refractivity contribution in [3.05, 3.63) is 64.2 Å². The Kier molecular flexibility index (Phi) is 7.96. The lowest BCUT2D eigenvalue weighted by Crippen LogP contribution is -2.31. The molecule has 1 aliphatic heterocycles. The van der Waals surface area contributed by atoms with Crippen LogP contribution in [-0.4, -0.2) is 48.0 Å². The molecule has 1 saturated heterocycles. The molecule has 7 heteroatoms. The molecule has 1 aromatic heterocycles. The van der Waals surface area contributed by atoms with Crippen LogP contribution in [0.4, 0.5) is 4.39 Å². The van der Waals surface area contributed by atoms with Gasteiger partial charge >= 0.3 is 5.97 Å². The number of hydrogen-bond acceptors (Lipinski definition) is 5. The number of likely N-dealkylation sites (N-methyl/N-ethyl adjacent to an activating group) is 1. The van der Waals surface area contributed by atoms with Crippen LogP contribution in [0.15, 0.2) is 30.5 Å². The zero-order valence-corrected chi connectivity index (χ0v) is 19.3. The lowest BCUT2D eigenvalue weighted by molar-refractivity contribution is -0.145. The van der Waals surface area contributed by atoms with Gasteiger partial charge in [-0.1, -0.05) is 12.1 Å². The molecule has 1 amide bonds. The Morgan fingerprint density at radius 3 is 2.72 bits per heavy atom. The van der Waals surface area contributed by atoms with Gasteiger partial charge in [-0.2, -0.15) is 0 Å². The first kappa shape index (κ1) is 23.9. The van der Waals surface area contributed by atoms with Gasteiger partial charge in [0.15, 0.2) is 0 Å². The van der Waals surface area contributed by atoms with Crippen molar-refractivity contribution in [2.45, 2.75) is 58.5 Å². The molecule has 2 atom stereocenters. The highest BCUT2D eigenvalue weighted by atomic mass is 19.1. The minimum absolute atomic E-state index is 0.0127. The van der Waals surface area contributed by atoms with Crippen molar-refractivity contribution in [2.75, 3.05) is 20.2 Å². The van der Waals surface area contributed by atoms with E-state index >= 15 is 0 Å². The van der Waals surface area contributed by atoms with Crippen LogP contribution in [-0.2, 0) is 20.7 Å². The Labute approximate surface area is 189 Å². The van der Waals surface area contributed by atoms with Crippen LogP contribution in [0, 0.1) is 26.6 Å². The van der Waals surface area contributed by atoms with E-state index in [2.05, 4.69) is 10.3 Å². The van der Waals surface area contributed by atoms with Gasteiger partial charge < -0.3 is 9.64 Å². The van der Waals surface area contributed by atoms with Crippen molar-refractivity contribution in [2.24, 2.45) is 0 Å². The minimum atomic E-state index is -0.378. The van der Waals surface area contributed by atoms with Crippen molar-refractivity contribution in [3.63, 3.8) is 0 Å². The maximum Gasteiger partial charge on any atom is 0.325 e. The second-order valence-electron chi connectivity index (χ2n) is 8.53. The summed E-state index contributed by atoms with van der Waals surface area (Å²) in [5, 5.41) is 3.11. The maximum absolute atomic E-state index is 13.6. The Morgan fingerprint density at radius 1 is 1.19 bits per heavy atom. The van der Waals surface area contributed by atoms with Crippen molar-refractivity contribution >= 4 is 11.9 Å².